The number of rotatable bonds is 1. The lowest BCUT2D eigenvalue weighted by atomic mass is 9.59. The zero-order valence-corrected chi connectivity index (χ0v) is 15.4. The average Bonchev–Trinajstić information content (AvgIpc) is 2.88. The topological polar surface area (TPSA) is 48.9 Å². The molecule has 2 aliphatic carbocycles. The molecular weight excluding hydrogens is 445 g/mol. The normalized spacial score (nSPS) is 38.5. The first-order valence-corrected chi connectivity index (χ1v) is 9.48. The van der Waals surface area contributed by atoms with E-state index in [9.17, 15) is 9.59 Å². The molecule has 4 aliphatic rings. The third-order valence-electron chi connectivity index (χ3n) is 5.44. The van der Waals surface area contributed by atoms with Gasteiger partial charge in [0.05, 0.1) is 16.6 Å². The highest BCUT2D eigenvalue weighted by Crippen LogP contribution is 2.64. The van der Waals surface area contributed by atoms with Crippen LogP contribution in [0.4, 0.5) is 4.39 Å². The average molecular weight is 457 g/mol. The quantitative estimate of drug-likeness (QED) is 0.488. The Balaban J connectivity index is 1.81. The molecule has 1 fully saturated rings. The fourth-order valence-electron chi connectivity index (χ4n) is 4.33. The summed E-state index contributed by atoms with van der Waals surface area (Å²) in [6.45, 7) is 0. The first kappa shape index (κ1) is 14.9. The number of hydrogen-bond acceptors (Lipinski definition) is 2. The molecule has 2 aliphatic heterocycles. The van der Waals surface area contributed by atoms with Crippen molar-refractivity contribution >= 4 is 31.9 Å². The number of benzene rings is 1. The van der Waals surface area contributed by atoms with E-state index in [-0.39, 0.29) is 10.7 Å². The highest BCUT2D eigenvalue weighted by Gasteiger charge is 2.72. The van der Waals surface area contributed by atoms with Crippen molar-refractivity contribution in [1.82, 2.24) is 13.9 Å². The van der Waals surface area contributed by atoms with E-state index in [0.29, 0.717) is 5.69 Å². The summed E-state index contributed by atoms with van der Waals surface area (Å²) < 4.78 is 19.5. The molecule has 24 heavy (non-hydrogen) atoms. The zero-order chi connectivity index (χ0) is 16.8. The molecule has 0 radical (unpaired) electrons. The number of halogens is 3. The van der Waals surface area contributed by atoms with Crippen molar-refractivity contribution in [1.29, 1.82) is 0 Å². The summed E-state index contributed by atoms with van der Waals surface area (Å²) in [5.41, 5.74) is -2.01. The van der Waals surface area contributed by atoms with Crippen LogP contribution < -0.4 is 11.4 Å². The predicted octanol–water partition coefficient (Wildman–Crippen LogP) is 2.33. The molecule has 6 rings (SSSR count). The number of para-hydroxylation sites is 1. The summed E-state index contributed by atoms with van der Waals surface area (Å²) in [6, 6.07) is 7.49. The molecule has 1 saturated carbocycles. The van der Waals surface area contributed by atoms with Gasteiger partial charge in [-0.2, -0.15) is 0 Å². The lowest BCUT2D eigenvalue weighted by molar-refractivity contribution is -0.0929. The van der Waals surface area contributed by atoms with E-state index in [0.717, 1.165) is 4.57 Å². The van der Waals surface area contributed by atoms with Crippen LogP contribution in [0.3, 0.4) is 0 Å². The van der Waals surface area contributed by atoms with E-state index in [4.69, 9.17) is 0 Å². The molecule has 124 valence electrons. The van der Waals surface area contributed by atoms with Crippen molar-refractivity contribution in [3.63, 3.8) is 0 Å². The van der Waals surface area contributed by atoms with Crippen LogP contribution in [0.25, 0.3) is 5.69 Å². The molecule has 0 unspecified atom stereocenters. The molecule has 6 atom stereocenters. The Morgan fingerprint density at radius 1 is 1.00 bits per heavy atom. The van der Waals surface area contributed by atoms with Crippen molar-refractivity contribution in [3.05, 3.63) is 63.5 Å². The van der Waals surface area contributed by atoms with Crippen molar-refractivity contribution in [2.24, 2.45) is 5.92 Å². The van der Waals surface area contributed by atoms with E-state index in [1.54, 1.807) is 30.3 Å². The monoisotopic (exact) mass is 455 g/mol. The van der Waals surface area contributed by atoms with Crippen LogP contribution >= 0.6 is 31.9 Å². The van der Waals surface area contributed by atoms with Crippen LogP contribution in [0.15, 0.2) is 52.1 Å². The second kappa shape index (κ2) is 4.60. The van der Waals surface area contributed by atoms with Gasteiger partial charge in [0.2, 0.25) is 0 Å². The lowest BCUT2D eigenvalue weighted by Gasteiger charge is -2.61. The summed E-state index contributed by atoms with van der Waals surface area (Å²) in [6.07, 6.45) is 3.56. The van der Waals surface area contributed by atoms with Gasteiger partial charge in [0.15, 0.2) is 5.67 Å². The van der Waals surface area contributed by atoms with Crippen LogP contribution in [0.5, 0.6) is 0 Å². The van der Waals surface area contributed by atoms with Crippen LogP contribution in [0, 0.1) is 5.92 Å². The van der Waals surface area contributed by atoms with Crippen molar-refractivity contribution < 1.29 is 4.39 Å². The molecule has 0 amide bonds. The summed E-state index contributed by atoms with van der Waals surface area (Å²) in [4.78, 5) is 25.3. The second-order valence-electron chi connectivity index (χ2n) is 6.44. The Morgan fingerprint density at radius 2 is 1.67 bits per heavy atom. The number of nitrogens with zero attached hydrogens (tertiary/aromatic N) is 3. The van der Waals surface area contributed by atoms with E-state index < -0.39 is 34.0 Å². The van der Waals surface area contributed by atoms with Gasteiger partial charge < -0.3 is 0 Å². The molecule has 3 heterocycles. The molecule has 2 bridgehead atoms. The number of aromatic nitrogens is 3. The van der Waals surface area contributed by atoms with Gasteiger partial charge in [-0.3, -0.25) is 0 Å². The standard InChI is InChI=1S/C16H12Br2FN3O2/c17-12-11-9-6-7-10(16(11,19)13(12)18)22-15(24)20(14(23)21(9)22)8-4-2-1-3-5-8/h1-7,9-13H/t9-,10-,11+,12+,13+,16+/m0/s1. The Hall–Kier alpha value is -1.41. The fraction of sp³-hybridized carbons (Fsp3) is 0.375. The lowest BCUT2D eigenvalue weighted by Crippen LogP contribution is -2.73. The molecule has 1 aromatic heterocycles. The maximum Gasteiger partial charge on any atom is 0.352 e. The van der Waals surface area contributed by atoms with Crippen LogP contribution in [-0.2, 0) is 0 Å². The summed E-state index contributed by atoms with van der Waals surface area (Å²) in [5, 5.41) is 0. The summed E-state index contributed by atoms with van der Waals surface area (Å²) >= 11 is 6.93. The number of hydrogen-bond donors (Lipinski definition) is 0. The Labute approximate surface area is 152 Å². The molecule has 2 aromatic rings. The van der Waals surface area contributed by atoms with Gasteiger partial charge in [-0.05, 0) is 12.1 Å². The van der Waals surface area contributed by atoms with Gasteiger partial charge in [0.25, 0.3) is 0 Å². The highest BCUT2D eigenvalue weighted by atomic mass is 79.9. The molecule has 8 heteroatoms. The largest absolute Gasteiger partial charge is 0.352 e. The van der Waals surface area contributed by atoms with Crippen LogP contribution in [-0.4, -0.2) is 29.3 Å². The van der Waals surface area contributed by atoms with Gasteiger partial charge in [0, 0.05) is 10.7 Å². The molecule has 5 nitrogen and oxygen atoms in total. The highest BCUT2D eigenvalue weighted by molar-refractivity contribution is 9.12. The molecule has 0 spiro atoms. The number of alkyl halides is 3. The van der Waals surface area contributed by atoms with Gasteiger partial charge in [-0.15, -0.1) is 0 Å². The van der Waals surface area contributed by atoms with Crippen molar-refractivity contribution in [2.45, 2.75) is 27.4 Å². The number of allylic oxidation sites excluding steroid dienone is 2. The third-order valence-corrected chi connectivity index (χ3v) is 8.51. The maximum absolute atomic E-state index is 15.7. The summed E-state index contributed by atoms with van der Waals surface area (Å²) in [5.74, 6) is -0.374. The minimum absolute atomic E-state index is 0.0872. The van der Waals surface area contributed by atoms with Gasteiger partial charge >= 0.3 is 11.4 Å². The molecular formula is C16H12Br2FN3O2. The Bertz CT molecular complexity index is 995. The first-order valence-electron chi connectivity index (χ1n) is 7.64. The summed E-state index contributed by atoms with van der Waals surface area (Å²) in [7, 11) is 0. The molecule has 0 N–H and O–H groups in total. The van der Waals surface area contributed by atoms with E-state index in [1.807, 2.05) is 12.1 Å². The van der Waals surface area contributed by atoms with Gasteiger partial charge in [-0.25, -0.2) is 27.9 Å². The van der Waals surface area contributed by atoms with E-state index in [1.165, 1.54) is 9.36 Å². The first-order chi connectivity index (χ1) is 11.5. The Morgan fingerprint density at radius 3 is 2.38 bits per heavy atom. The van der Waals surface area contributed by atoms with Crippen molar-refractivity contribution in [3.8, 4) is 5.69 Å². The van der Waals surface area contributed by atoms with Gasteiger partial charge in [0.1, 0.15) is 6.04 Å². The fourth-order valence-corrected chi connectivity index (χ4v) is 6.36. The van der Waals surface area contributed by atoms with E-state index >= 15 is 4.39 Å². The SMILES string of the molecule is O=c1n(-c2ccccc2)c(=O)n2n1[C@H]1C=C[C@H]2[C@@H]2[C@@H](Br)[C@@H](Br)[C@]21F. The second-order valence-corrected chi connectivity index (χ2v) is 8.49. The van der Waals surface area contributed by atoms with Crippen molar-refractivity contribution in [2.75, 3.05) is 0 Å². The maximum atomic E-state index is 15.7. The Kier molecular flexibility index (Phi) is 2.86. The van der Waals surface area contributed by atoms with Gasteiger partial charge in [-0.1, -0.05) is 62.2 Å². The minimum Gasteiger partial charge on any atom is -0.245 e. The predicted molar refractivity (Wildman–Crippen MR) is 94.3 cm³/mol. The zero-order valence-electron chi connectivity index (χ0n) is 12.2. The van der Waals surface area contributed by atoms with Crippen LogP contribution in [0.1, 0.15) is 12.1 Å². The molecule has 0 saturated heterocycles. The van der Waals surface area contributed by atoms with Crippen LogP contribution in [0.2, 0.25) is 0 Å². The molecule has 1 aromatic carbocycles. The van der Waals surface area contributed by atoms with E-state index in [2.05, 4.69) is 31.9 Å². The minimum atomic E-state index is -1.58. The smallest absolute Gasteiger partial charge is 0.245 e. The third kappa shape index (κ3) is 1.46.